The van der Waals surface area contributed by atoms with Crippen LogP contribution in [-0.4, -0.2) is 47.0 Å². The molecule has 0 bridgehead atoms. The Hall–Kier alpha value is -2.57. The first kappa shape index (κ1) is 27.5. The minimum absolute atomic E-state index is 0.0736. The molecule has 180 valence electrons. The van der Waals surface area contributed by atoms with Gasteiger partial charge < -0.3 is 20.3 Å². The standard InChI is InChI=1S/C25H41N3O4/c1-10-11-14-28(23(30)19(6)27-24(31)32-25(7,8)9)21(22(29)26-16(2)3)20-15-17(4)12-13-18(20)5/h12-13,15-16,19,21H,10-11,14H2,1-9H3,(H,26,29)(H,27,31). The van der Waals surface area contributed by atoms with Crippen molar-refractivity contribution in [2.45, 2.75) is 98.9 Å². The lowest BCUT2D eigenvalue weighted by Crippen LogP contribution is -2.52. The average molecular weight is 448 g/mol. The molecule has 0 radical (unpaired) electrons. The Kier molecular flexibility index (Phi) is 10.2. The molecule has 0 saturated heterocycles. The van der Waals surface area contributed by atoms with Gasteiger partial charge in [0.25, 0.3) is 0 Å². The zero-order valence-electron chi connectivity index (χ0n) is 21.2. The molecule has 32 heavy (non-hydrogen) atoms. The van der Waals surface area contributed by atoms with Crippen LogP contribution in [0.25, 0.3) is 0 Å². The molecule has 1 aromatic carbocycles. The van der Waals surface area contributed by atoms with Gasteiger partial charge in [-0.3, -0.25) is 9.59 Å². The fourth-order valence-corrected chi connectivity index (χ4v) is 3.36. The molecule has 3 amide bonds. The molecule has 0 spiro atoms. The van der Waals surface area contributed by atoms with Gasteiger partial charge in [-0.05, 0) is 72.9 Å². The lowest BCUT2D eigenvalue weighted by atomic mass is 9.96. The van der Waals surface area contributed by atoms with E-state index in [0.29, 0.717) is 6.54 Å². The van der Waals surface area contributed by atoms with E-state index in [2.05, 4.69) is 10.6 Å². The number of hydrogen-bond acceptors (Lipinski definition) is 4. The number of carbonyl (C=O) groups is 3. The first-order valence-electron chi connectivity index (χ1n) is 11.4. The first-order chi connectivity index (χ1) is 14.8. The minimum Gasteiger partial charge on any atom is -0.444 e. The molecule has 0 heterocycles. The van der Waals surface area contributed by atoms with Crippen LogP contribution in [0.3, 0.4) is 0 Å². The Labute approximate surface area is 193 Å². The van der Waals surface area contributed by atoms with Gasteiger partial charge >= 0.3 is 6.09 Å². The van der Waals surface area contributed by atoms with Crippen LogP contribution in [0.5, 0.6) is 0 Å². The van der Waals surface area contributed by atoms with Crippen LogP contribution >= 0.6 is 0 Å². The van der Waals surface area contributed by atoms with Crippen molar-refractivity contribution in [1.29, 1.82) is 0 Å². The van der Waals surface area contributed by atoms with Crippen molar-refractivity contribution in [2.75, 3.05) is 6.54 Å². The number of unbranched alkanes of at least 4 members (excludes halogenated alkanes) is 1. The third-order valence-electron chi connectivity index (χ3n) is 4.86. The number of aryl methyl sites for hydroxylation is 2. The summed E-state index contributed by atoms with van der Waals surface area (Å²) < 4.78 is 5.30. The number of rotatable bonds is 9. The molecule has 2 atom stereocenters. The molecule has 0 aromatic heterocycles. The molecule has 0 aliphatic carbocycles. The number of benzene rings is 1. The fourth-order valence-electron chi connectivity index (χ4n) is 3.36. The molecular weight excluding hydrogens is 406 g/mol. The SMILES string of the molecule is CCCCN(C(=O)C(C)NC(=O)OC(C)(C)C)C(C(=O)NC(C)C)c1cc(C)ccc1C. The van der Waals surface area contributed by atoms with Crippen molar-refractivity contribution in [3.8, 4) is 0 Å². The van der Waals surface area contributed by atoms with Crippen molar-refractivity contribution in [1.82, 2.24) is 15.5 Å². The van der Waals surface area contributed by atoms with E-state index >= 15 is 0 Å². The Morgan fingerprint density at radius 3 is 2.22 bits per heavy atom. The molecule has 1 aromatic rings. The number of hydrogen-bond donors (Lipinski definition) is 2. The summed E-state index contributed by atoms with van der Waals surface area (Å²) in [4.78, 5) is 40.7. The van der Waals surface area contributed by atoms with Crippen LogP contribution in [0.4, 0.5) is 4.79 Å². The number of ether oxygens (including phenoxy) is 1. The summed E-state index contributed by atoms with van der Waals surface area (Å²) in [5.41, 5.74) is 2.06. The maximum atomic E-state index is 13.5. The summed E-state index contributed by atoms with van der Waals surface area (Å²) in [7, 11) is 0. The molecule has 0 aliphatic heterocycles. The van der Waals surface area contributed by atoms with E-state index in [0.717, 1.165) is 29.5 Å². The van der Waals surface area contributed by atoms with Crippen LogP contribution in [0, 0.1) is 13.8 Å². The summed E-state index contributed by atoms with van der Waals surface area (Å²) >= 11 is 0. The lowest BCUT2D eigenvalue weighted by molar-refractivity contribution is -0.142. The van der Waals surface area contributed by atoms with E-state index in [1.807, 2.05) is 52.8 Å². The molecular formula is C25H41N3O4. The molecule has 1 rings (SSSR count). The van der Waals surface area contributed by atoms with Crippen molar-refractivity contribution >= 4 is 17.9 Å². The minimum atomic E-state index is -0.846. The molecule has 0 saturated carbocycles. The van der Waals surface area contributed by atoms with E-state index < -0.39 is 23.8 Å². The molecule has 2 N–H and O–H groups in total. The van der Waals surface area contributed by atoms with Gasteiger partial charge in [0.05, 0.1) is 0 Å². The fraction of sp³-hybridized carbons (Fsp3) is 0.640. The highest BCUT2D eigenvalue weighted by atomic mass is 16.6. The van der Waals surface area contributed by atoms with Gasteiger partial charge in [0.1, 0.15) is 17.7 Å². The second-order valence-corrected chi connectivity index (χ2v) is 9.68. The summed E-state index contributed by atoms with van der Waals surface area (Å²) in [5.74, 6) is -0.559. The summed E-state index contributed by atoms with van der Waals surface area (Å²) in [6, 6.07) is 4.20. The van der Waals surface area contributed by atoms with Gasteiger partial charge in [0.2, 0.25) is 11.8 Å². The molecule has 2 unspecified atom stereocenters. The van der Waals surface area contributed by atoms with Crippen molar-refractivity contribution in [3.63, 3.8) is 0 Å². The van der Waals surface area contributed by atoms with Crippen LogP contribution < -0.4 is 10.6 Å². The highest BCUT2D eigenvalue weighted by Gasteiger charge is 2.35. The van der Waals surface area contributed by atoms with Crippen molar-refractivity contribution < 1.29 is 19.1 Å². The Morgan fingerprint density at radius 2 is 1.69 bits per heavy atom. The number of amides is 3. The van der Waals surface area contributed by atoms with Crippen LogP contribution in [0.1, 0.15) is 84.0 Å². The second-order valence-electron chi connectivity index (χ2n) is 9.68. The number of carbonyl (C=O) groups excluding carboxylic acids is 3. The zero-order chi connectivity index (χ0) is 24.6. The van der Waals surface area contributed by atoms with Gasteiger partial charge in [-0.2, -0.15) is 0 Å². The smallest absolute Gasteiger partial charge is 0.408 e. The maximum Gasteiger partial charge on any atom is 0.408 e. The number of nitrogens with zero attached hydrogens (tertiary/aromatic N) is 1. The predicted octanol–water partition coefficient (Wildman–Crippen LogP) is 4.41. The predicted molar refractivity (Wildman–Crippen MR) is 127 cm³/mol. The van der Waals surface area contributed by atoms with E-state index in [1.54, 1.807) is 32.6 Å². The third kappa shape index (κ3) is 8.52. The van der Waals surface area contributed by atoms with Crippen LogP contribution in [-0.2, 0) is 14.3 Å². The van der Waals surface area contributed by atoms with Gasteiger partial charge in [-0.1, -0.05) is 37.1 Å². The zero-order valence-corrected chi connectivity index (χ0v) is 21.2. The monoisotopic (exact) mass is 447 g/mol. The van der Waals surface area contributed by atoms with Crippen LogP contribution in [0.15, 0.2) is 18.2 Å². The largest absolute Gasteiger partial charge is 0.444 e. The van der Waals surface area contributed by atoms with Gasteiger partial charge in [-0.25, -0.2) is 4.79 Å². The van der Waals surface area contributed by atoms with Gasteiger partial charge in [0, 0.05) is 12.6 Å². The Morgan fingerprint density at radius 1 is 1.06 bits per heavy atom. The Bertz CT molecular complexity index is 799. The normalized spacial score (nSPS) is 13.3. The van der Waals surface area contributed by atoms with E-state index in [9.17, 15) is 14.4 Å². The third-order valence-corrected chi connectivity index (χ3v) is 4.86. The quantitative estimate of drug-likeness (QED) is 0.587. The summed E-state index contributed by atoms with van der Waals surface area (Å²) in [6.45, 7) is 17.0. The van der Waals surface area contributed by atoms with Crippen LogP contribution in [0.2, 0.25) is 0 Å². The molecule has 7 nitrogen and oxygen atoms in total. The second kappa shape index (κ2) is 11.9. The van der Waals surface area contributed by atoms with E-state index in [4.69, 9.17) is 4.74 Å². The number of nitrogens with one attached hydrogen (secondary N) is 2. The highest BCUT2D eigenvalue weighted by Crippen LogP contribution is 2.27. The van der Waals surface area contributed by atoms with Gasteiger partial charge in [0.15, 0.2) is 0 Å². The van der Waals surface area contributed by atoms with Gasteiger partial charge in [-0.15, -0.1) is 0 Å². The van der Waals surface area contributed by atoms with Crippen molar-refractivity contribution in [2.24, 2.45) is 0 Å². The lowest BCUT2D eigenvalue weighted by Gasteiger charge is -2.35. The summed E-state index contributed by atoms with van der Waals surface area (Å²) in [5, 5.41) is 5.59. The Balaban J connectivity index is 3.35. The topological polar surface area (TPSA) is 87.7 Å². The summed E-state index contributed by atoms with van der Waals surface area (Å²) in [6.07, 6.45) is 0.938. The number of alkyl carbamates (subject to hydrolysis) is 1. The van der Waals surface area contributed by atoms with Crippen molar-refractivity contribution in [3.05, 3.63) is 34.9 Å². The van der Waals surface area contributed by atoms with E-state index in [1.165, 1.54) is 0 Å². The van der Waals surface area contributed by atoms with E-state index in [-0.39, 0.29) is 17.9 Å². The molecule has 0 aliphatic rings. The first-order valence-corrected chi connectivity index (χ1v) is 11.4. The average Bonchev–Trinajstić information content (AvgIpc) is 2.64. The molecule has 0 fully saturated rings. The molecule has 7 heteroatoms. The maximum absolute atomic E-state index is 13.5. The highest BCUT2D eigenvalue weighted by molar-refractivity contribution is 5.92.